The van der Waals surface area contributed by atoms with Crippen LogP contribution in [-0.4, -0.2) is 17.4 Å². The van der Waals surface area contributed by atoms with Gasteiger partial charge in [-0.25, -0.2) is 0 Å². The Bertz CT molecular complexity index is 463. The van der Waals surface area contributed by atoms with Crippen molar-refractivity contribution in [2.75, 3.05) is 6.54 Å². The molecule has 1 aromatic rings. The first-order chi connectivity index (χ1) is 8.82. The lowest BCUT2D eigenvalue weighted by Crippen LogP contribution is -2.28. The number of carbonyl (C=O) groups is 1. The molecule has 0 bridgehead atoms. The zero-order valence-electron chi connectivity index (χ0n) is 11.8. The number of nitrogens with one attached hydrogen (secondary N) is 1. The molecule has 0 saturated heterocycles. The molecule has 0 aromatic heterocycles. The molecule has 0 unspecified atom stereocenters. The van der Waals surface area contributed by atoms with Gasteiger partial charge in [0, 0.05) is 12.1 Å². The summed E-state index contributed by atoms with van der Waals surface area (Å²) in [6.45, 7) is 6.90. The predicted octanol–water partition coefficient (Wildman–Crippen LogP) is 2.78. The van der Waals surface area contributed by atoms with E-state index >= 15 is 0 Å². The van der Waals surface area contributed by atoms with E-state index < -0.39 is 0 Å². The quantitative estimate of drug-likeness (QED) is 0.643. The lowest BCUT2D eigenvalue weighted by Gasteiger charge is -2.22. The number of amides is 1. The highest BCUT2D eigenvalue weighted by Gasteiger charge is 2.20. The minimum Gasteiger partial charge on any atom is -0.393 e. The van der Waals surface area contributed by atoms with Crippen molar-refractivity contribution < 1.29 is 4.79 Å². The van der Waals surface area contributed by atoms with Crippen LogP contribution in [0.2, 0.25) is 0 Å². The van der Waals surface area contributed by atoms with Crippen LogP contribution in [0, 0.1) is 0 Å². The van der Waals surface area contributed by atoms with E-state index in [-0.39, 0.29) is 11.3 Å². The molecule has 0 aliphatic heterocycles. The van der Waals surface area contributed by atoms with Gasteiger partial charge in [0.15, 0.2) is 0 Å². The summed E-state index contributed by atoms with van der Waals surface area (Å²) in [5.41, 5.74) is 7.17. The largest absolute Gasteiger partial charge is 0.393 e. The summed E-state index contributed by atoms with van der Waals surface area (Å²) in [6, 6.07) is 7.72. The number of nitrogens with two attached hydrogens (primary N) is 1. The van der Waals surface area contributed by atoms with Crippen LogP contribution in [0.15, 0.2) is 24.3 Å². The van der Waals surface area contributed by atoms with Gasteiger partial charge in [0.25, 0.3) is 5.91 Å². The molecule has 0 atom stereocenters. The number of carbonyl (C=O) groups excluding carboxylic acids is 1. The highest BCUT2D eigenvalue weighted by Crippen LogP contribution is 2.25. The lowest BCUT2D eigenvalue weighted by molar-refractivity contribution is 0.0951. The van der Waals surface area contributed by atoms with Crippen molar-refractivity contribution in [3.05, 3.63) is 35.4 Å². The number of hydrogen-bond acceptors (Lipinski definition) is 2. The Kier molecular flexibility index (Phi) is 5.48. The average molecular weight is 278 g/mol. The van der Waals surface area contributed by atoms with Crippen molar-refractivity contribution in [1.29, 1.82) is 0 Å². The molecule has 0 aliphatic carbocycles. The van der Waals surface area contributed by atoms with Crippen LogP contribution in [0.25, 0.3) is 0 Å². The van der Waals surface area contributed by atoms with E-state index in [2.05, 4.69) is 26.1 Å². The Balaban J connectivity index is 2.70. The van der Waals surface area contributed by atoms with E-state index in [4.69, 9.17) is 18.0 Å². The van der Waals surface area contributed by atoms with Crippen molar-refractivity contribution in [3.63, 3.8) is 0 Å². The molecule has 0 radical (unpaired) electrons. The Morgan fingerprint density at radius 1 is 1.32 bits per heavy atom. The molecule has 3 N–H and O–H groups in total. The fourth-order valence-electron chi connectivity index (χ4n) is 1.89. The highest BCUT2D eigenvalue weighted by molar-refractivity contribution is 7.80. The van der Waals surface area contributed by atoms with E-state index in [0.717, 1.165) is 17.5 Å². The molecular formula is C15H22N2OS. The molecule has 1 amide bonds. The van der Waals surface area contributed by atoms with Crippen LogP contribution in [0.4, 0.5) is 0 Å². The summed E-state index contributed by atoms with van der Waals surface area (Å²) in [5, 5.41) is 2.91. The van der Waals surface area contributed by atoms with Gasteiger partial charge >= 0.3 is 0 Å². The van der Waals surface area contributed by atoms with E-state index in [1.54, 1.807) is 0 Å². The predicted molar refractivity (Wildman–Crippen MR) is 83.5 cm³/mol. The van der Waals surface area contributed by atoms with Crippen LogP contribution >= 0.6 is 12.2 Å². The fraction of sp³-hybridized carbons (Fsp3) is 0.467. The van der Waals surface area contributed by atoms with Crippen LogP contribution < -0.4 is 11.1 Å². The second kappa shape index (κ2) is 6.66. The molecular weight excluding hydrogens is 256 g/mol. The Hall–Kier alpha value is -1.42. The van der Waals surface area contributed by atoms with E-state index in [9.17, 15) is 4.79 Å². The first-order valence-electron chi connectivity index (χ1n) is 6.48. The standard InChI is InChI=1S/C15H22N2OS/c1-15(2,3)12-8-5-4-7-11(12)14(18)17-10-6-9-13(16)19/h4-5,7-8H,6,9-10H2,1-3H3,(H2,16,19)(H,17,18). The van der Waals surface area contributed by atoms with Gasteiger partial charge in [-0.15, -0.1) is 0 Å². The molecule has 0 fully saturated rings. The van der Waals surface area contributed by atoms with Crippen molar-refractivity contribution in [2.24, 2.45) is 5.73 Å². The van der Waals surface area contributed by atoms with Gasteiger partial charge in [-0.1, -0.05) is 51.2 Å². The Morgan fingerprint density at radius 3 is 2.53 bits per heavy atom. The maximum Gasteiger partial charge on any atom is 0.251 e. The van der Waals surface area contributed by atoms with Crippen molar-refractivity contribution in [1.82, 2.24) is 5.32 Å². The molecule has 0 spiro atoms. The second-order valence-electron chi connectivity index (χ2n) is 5.62. The minimum absolute atomic E-state index is 0.0338. The summed E-state index contributed by atoms with van der Waals surface area (Å²) in [6.07, 6.45) is 1.44. The minimum atomic E-state index is -0.0489. The molecule has 3 nitrogen and oxygen atoms in total. The number of rotatable bonds is 5. The summed E-state index contributed by atoms with van der Waals surface area (Å²) >= 11 is 4.80. The molecule has 0 aliphatic rings. The highest BCUT2D eigenvalue weighted by atomic mass is 32.1. The van der Waals surface area contributed by atoms with Gasteiger partial charge in [-0.05, 0) is 29.9 Å². The van der Waals surface area contributed by atoms with E-state index in [0.29, 0.717) is 18.0 Å². The number of hydrogen-bond donors (Lipinski definition) is 2. The Labute approximate surface area is 120 Å². The topological polar surface area (TPSA) is 55.1 Å². The third kappa shape index (κ3) is 4.99. The molecule has 1 aromatic carbocycles. The lowest BCUT2D eigenvalue weighted by atomic mass is 9.83. The van der Waals surface area contributed by atoms with Gasteiger partial charge in [0.1, 0.15) is 0 Å². The summed E-state index contributed by atoms with van der Waals surface area (Å²) in [4.78, 5) is 12.7. The smallest absolute Gasteiger partial charge is 0.251 e. The zero-order valence-corrected chi connectivity index (χ0v) is 12.6. The van der Waals surface area contributed by atoms with Gasteiger partial charge in [-0.2, -0.15) is 0 Å². The molecule has 19 heavy (non-hydrogen) atoms. The monoisotopic (exact) mass is 278 g/mol. The normalized spacial score (nSPS) is 11.1. The number of thiocarbonyl (C=S) groups is 1. The molecule has 104 valence electrons. The number of benzene rings is 1. The van der Waals surface area contributed by atoms with Crippen molar-refractivity contribution in [2.45, 2.75) is 39.0 Å². The van der Waals surface area contributed by atoms with Crippen LogP contribution in [-0.2, 0) is 5.41 Å². The summed E-state index contributed by atoms with van der Waals surface area (Å²) in [7, 11) is 0. The maximum atomic E-state index is 12.2. The zero-order chi connectivity index (χ0) is 14.5. The van der Waals surface area contributed by atoms with Gasteiger partial charge in [0.2, 0.25) is 0 Å². The summed E-state index contributed by atoms with van der Waals surface area (Å²) < 4.78 is 0. The summed E-state index contributed by atoms with van der Waals surface area (Å²) in [5.74, 6) is -0.0338. The second-order valence-corrected chi connectivity index (χ2v) is 6.15. The first-order valence-corrected chi connectivity index (χ1v) is 6.89. The average Bonchev–Trinajstić information content (AvgIpc) is 2.33. The van der Waals surface area contributed by atoms with Crippen LogP contribution in [0.1, 0.15) is 49.5 Å². The fourth-order valence-corrected chi connectivity index (χ4v) is 2.04. The molecule has 0 heterocycles. The van der Waals surface area contributed by atoms with E-state index in [1.165, 1.54) is 0 Å². The van der Waals surface area contributed by atoms with Gasteiger partial charge < -0.3 is 11.1 Å². The molecule has 1 rings (SSSR count). The van der Waals surface area contributed by atoms with Crippen molar-refractivity contribution >= 4 is 23.1 Å². The van der Waals surface area contributed by atoms with Gasteiger partial charge in [-0.3, -0.25) is 4.79 Å². The SMILES string of the molecule is CC(C)(C)c1ccccc1C(=O)NCCCC(N)=S. The third-order valence-corrected chi connectivity index (χ3v) is 3.07. The van der Waals surface area contributed by atoms with E-state index in [1.807, 2.05) is 24.3 Å². The molecule has 4 heteroatoms. The first kappa shape index (κ1) is 15.6. The van der Waals surface area contributed by atoms with Gasteiger partial charge in [0.05, 0.1) is 4.99 Å². The molecule has 0 saturated carbocycles. The third-order valence-electron chi connectivity index (χ3n) is 2.87. The van der Waals surface area contributed by atoms with Crippen LogP contribution in [0.5, 0.6) is 0 Å². The van der Waals surface area contributed by atoms with Crippen molar-refractivity contribution in [3.8, 4) is 0 Å². The Morgan fingerprint density at radius 2 is 1.95 bits per heavy atom. The maximum absolute atomic E-state index is 12.2. The van der Waals surface area contributed by atoms with Crippen LogP contribution in [0.3, 0.4) is 0 Å².